The molecule has 0 spiro atoms. The van der Waals surface area contributed by atoms with Crippen molar-refractivity contribution in [3.8, 4) is 0 Å². The van der Waals surface area contributed by atoms with E-state index in [0.717, 1.165) is 12.1 Å². The summed E-state index contributed by atoms with van der Waals surface area (Å²) in [6.07, 6.45) is 3.71. The van der Waals surface area contributed by atoms with Crippen LogP contribution in [-0.4, -0.2) is 17.4 Å². The predicted octanol–water partition coefficient (Wildman–Crippen LogP) is 0.782. The molecule has 4 nitrogen and oxygen atoms in total. The number of rotatable bonds is 5. The first-order valence-corrected chi connectivity index (χ1v) is 5.02. The maximum absolute atomic E-state index is 11.0. The van der Waals surface area contributed by atoms with Crippen molar-refractivity contribution in [2.45, 2.75) is 25.8 Å². The van der Waals surface area contributed by atoms with Gasteiger partial charge in [-0.3, -0.25) is 9.78 Å². The molecule has 4 heteroatoms. The number of hydrogen-bond acceptors (Lipinski definition) is 3. The first kappa shape index (κ1) is 11.7. The van der Waals surface area contributed by atoms with E-state index in [1.807, 2.05) is 26.0 Å². The molecule has 0 radical (unpaired) electrons. The summed E-state index contributed by atoms with van der Waals surface area (Å²) in [5.41, 5.74) is 5.88. The van der Waals surface area contributed by atoms with E-state index in [1.54, 1.807) is 12.4 Å². The van der Waals surface area contributed by atoms with Crippen LogP contribution >= 0.6 is 0 Å². The van der Waals surface area contributed by atoms with Crippen LogP contribution in [0, 0.1) is 0 Å². The van der Waals surface area contributed by atoms with Gasteiger partial charge in [0.1, 0.15) is 0 Å². The Morgan fingerprint density at radius 2 is 2.13 bits per heavy atom. The molecule has 1 amide bonds. The van der Waals surface area contributed by atoms with Crippen molar-refractivity contribution >= 4 is 5.91 Å². The van der Waals surface area contributed by atoms with Crippen LogP contribution in [0.1, 0.15) is 25.8 Å². The van der Waals surface area contributed by atoms with E-state index in [4.69, 9.17) is 5.73 Å². The van der Waals surface area contributed by atoms with Crippen LogP contribution in [0.2, 0.25) is 0 Å². The molecular weight excluding hydrogens is 190 g/mol. The molecule has 0 bridgehead atoms. The number of nitrogens with one attached hydrogen (secondary N) is 1. The minimum atomic E-state index is -0.399. The second kappa shape index (κ2) is 4.89. The van der Waals surface area contributed by atoms with Gasteiger partial charge in [0, 0.05) is 24.4 Å². The molecule has 1 heterocycles. The fraction of sp³-hybridized carbons (Fsp3) is 0.455. The van der Waals surface area contributed by atoms with Crippen molar-refractivity contribution in [3.05, 3.63) is 30.1 Å². The zero-order valence-electron chi connectivity index (χ0n) is 9.16. The molecule has 0 saturated carbocycles. The summed E-state index contributed by atoms with van der Waals surface area (Å²) < 4.78 is 0. The number of hydrogen-bond donors (Lipinski definition) is 2. The number of pyridine rings is 1. The van der Waals surface area contributed by atoms with Gasteiger partial charge >= 0.3 is 0 Å². The Kier molecular flexibility index (Phi) is 3.80. The lowest BCUT2D eigenvalue weighted by Gasteiger charge is -2.29. The van der Waals surface area contributed by atoms with E-state index in [0.29, 0.717) is 0 Å². The van der Waals surface area contributed by atoms with Gasteiger partial charge in [0.25, 0.3) is 0 Å². The van der Waals surface area contributed by atoms with Crippen molar-refractivity contribution in [1.29, 1.82) is 0 Å². The zero-order chi connectivity index (χ0) is 11.3. The largest absolute Gasteiger partial charge is 0.370 e. The molecule has 1 unspecified atom stereocenters. The average molecular weight is 207 g/mol. The van der Waals surface area contributed by atoms with Crippen molar-refractivity contribution in [3.63, 3.8) is 0 Å². The van der Waals surface area contributed by atoms with E-state index in [-0.39, 0.29) is 12.3 Å². The van der Waals surface area contributed by atoms with Crippen LogP contribution in [0.15, 0.2) is 24.5 Å². The maximum Gasteiger partial charge on any atom is 0.219 e. The Labute approximate surface area is 89.9 Å². The summed E-state index contributed by atoms with van der Waals surface area (Å²) in [5.74, 6) is -0.310. The summed E-state index contributed by atoms with van der Waals surface area (Å²) in [5, 5.41) is 3.28. The number of nitrogens with zero attached hydrogens (tertiary/aromatic N) is 1. The van der Waals surface area contributed by atoms with Crippen LogP contribution in [0.5, 0.6) is 0 Å². The normalized spacial score (nSPS) is 14.5. The number of amides is 1. The molecule has 0 aliphatic rings. The third kappa shape index (κ3) is 3.02. The summed E-state index contributed by atoms with van der Waals surface area (Å²) in [6, 6.07) is 3.79. The Morgan fingerprint density at radius 1 is 1.53 bits per heavy atom. The highest BCUT2D eigenvalue weighted by molar-refractivity contribution is 5.75. The Hall–Kier alpha value is -1.42. The van der Waals surface area contributed by atoms with Crippen LogP contribution in [0.25, 0.3) is 0 Å². The highest BCUT2D eigenvalue weighted by Gasteiger charge is 2.27. The molecule has 82 valence electrons. The number of carbonyl (C=O) groups excluding carboxylic acids is 1. The van der Waals surface area contributed by atoms with Gasteiger partial charge in [-0.25, -0.2) is 0 Å². The molecule has 1 atom stereocenters. The first-order chi connectivity index (χ1) is 7.08. The van der Waals surface area contributed by atoms with Gasteiger partial charge in [-0.15, -0.1) is 0 Å². The maximum atomic E-state index is 11.0. The smallest absolute Gasteiger partial charge is 0.219 e. The van der Waals surface area contributed by atoms with Gasteiger partial charge in [0.15, 0.2) is 0 Å². The second-order valence-corrected chi connectivity index (χ2v) is 3.74. The highest BCUT2D eigenvalue weighted by atomic mass is 16.1. The third-order valence-electron chi connectivity index (χ3n) is 2.41. The van der Waals surface area contributed by atoms with Gasteiger partial charge in [0.05, 0.1) is 0 Å². The summed E-state index contributed by atoms with van der Waals surface area (Å²) in [6.45, 7) is 4.75. The van der Waals surface area contributed by atoms with Crippen LogP contribution in [0.4, 0.5) is 0 Å². The molecule has 1 aromatic heterocycles. The fourth-order valence-corrected chi connectivity index (χ4v) is 1.73. The van der Waals surface area contributed by atoms with Gasteiger partial charge in [0.2, 0.25) is 5.91 Å². The van der Waals surface area contributed by atoms with Crippen molar-refractivity contribution < 1.29 is 4.79 Å². The fourth-order valence-electron chi connectivity index (χ4n) is 1.73. The van der Waals surface area contributed by atoms with Crippen LogP contribution in [0.3, 0.4) is 0 Å². The number of nitrogens with two attached hydrogens (primary N) is 1. The third-order valence-corrected chi connectivity index (χ3v) is 2.41. The Bertz CT molecular complexity index is 326. The number of aromatic nitrogens is 1. The molecule has 0 aromatic carbocycles. The van der Waals surface area contributed by atoms with Crippen molar-refractivity contribution in [1.82, 2.24) is 10.3 Å². The van der Waals surface area contributed by atoms with Crippen LogP contribution < -0.4 is 11.1 Å². The minimum absolute atomic E-state index is 0.283. The van der Waals surface area contributed by atoms with Crippen LogP contribution in [-0.2, 0) is 10.3 Å². The van der Waals surface area contributed by atoms with Gasteiger partial charge < -0.3 is 11.1 Å². The predicted molar refractivity (Wildman–Crippen MR) is 59.1 cm³/mol. The number of primary amides is 1. The van der Waals surface area contributed by atoms with Crippen molar-refractivity contribution in [2.75, 3.05) is 6.54 Å². The SMILES string of the molecule is CCNC(C)(CC(N)=O)c1ccncc1. The summed E-state index contributed by atoms with van der Waals surface area (Å²) >= 11 is 0. The molecule has 0 saturated heterocycles. The van der Waals surface area contributed by atoms with E-state index >= 15 is 0 Å². The monoisotopic (exact) mass is 207 g/mol. The van der Waals surface area contributed by atoms with E-state index in [9.17, 15) is 4.79 Å². The molecule has 3 N–H and O–H groups in total. The highest BCUT2D eigenvalue weighted by Crippen LogP contribution is 2.23. The number of carbonyl (C=O) groups is 1. The Morgan fingerprint density at radius 3 is 2.60 bits per heavy atom. The second-order valence-electron chi connectivity index (χ2n) is 3.74. The first-order valence-electron chi connectivity index (χ1n) is 5.02. The Balaban J connectivity index is 2.95. The van der Waals surface area contributed by atoms with E-state index in [1.165, 1.54) is 0 Å². The standard InChI is InChI=1S/C11H17N3O/c1-3-14-11(2,8-10(12)15)9-4-6-13-7-5-9/h4-7,14H,3,8H2,1-2H3,(H2,12,15). The lowest BCUT2D eigenvalue weighted by atomic mass is 9.89. The molecule has 0 fully saturated rings. The molecule has 0 aliphatic heterocycles. The molecule has 15 heavy (non-hydrogen) atoms. The quantitative estimate of drug-likeness (QED) is 0.749. The molecule has 0 aliphatic carbocycles. The lowest BCUT2D eigenvalue weighted by Crippen LogP contribution is -2.42. The van der Waals surface area contributed by atoms with Gasteiger partial charge in [-0.2, -0.15) is 0 Å². The van der Waals surface area contributed by atoms with E-state index < -0.39 is 5.54 Å². The minimum Gasteiger partial charge on any atom is -0.370 e. The van der Waals surface area contributed by atoms with Gasteiger partial charge in [-0.05, 0) is 31.2 Å². The topological polar surface area (TPSA) is 68.0 Å². The van der Waals surface area contributed by atoms with Gasteiger partial charge in [-0.1, -0.05) is 6.92 Å². The molecular formula is C11H17N3O. The van der Waals surface area contributed by atoms with Crippen molar-refractivity contribution in [2.24, 2.45) is 5.73 Å². The van der Waals surface area contributed by atoms with E-state index in [2.05, 4.69) is 10.3 Å². The summed E-state index contributed by atoms with van der Waals surface area (Å²) in [7, 11) is 0. The zero-order valence-corrected chi connectivity index (χ0v) is 9.16. The molecule has 1 aromatic rings. The summed E-state index contributed by atoms with van der Waals surface area (Å²) in [4.78, 5) is 15.0. The lowest BCUT2D eigenvalue weighted by molar-refractivity contribution is -0.119. The average Bonchev–Trinajstić information content (AvgIpc) is 2.18. The molecule has 1 rings (SSSR count).